The number of rotatable bonds is 0. The monoisotopic (exact) mass is 150 g/mol. The molecule has 1 N–H and O–H groups in total. The number of phenols is 1. The van der Waals surface area contributed by atoms with Gasteiger partial charge in [0, 0.05) is 11.5 Å². The van der Waals surface area contributed by atoms with Crippen LogP contribution in [0, 0.1) is 0 Å². The molecule has 0 amide bonds. The SMILES string of the molecule is CC1COc2c(O)cccc21. The molecule has 1 unspecified atom stereocenters. The Balaban J connectivity index is 2.57. The van der Waals surface area contributed by atoms with Crippen molar-refractivity contribution in [2.75, 3.05) is 6.61 Å². The Hall–Kier alpha value is -1.18. The summed E-state index contributed by atoms with van der Waals surface area (Å²) in [7, 11) is 0. The fraction of sp³-hybridized carbons (Fsp3) is 0.333. The summed E-state index contributed by atoms with van der Waals surface area (Å²) in [5, 5.41) is 9.32. The van der Waals surface area contributed by atoms with Crippen LogP contribution in [0.4, 0.5) is 0 Å². The molecule has 2 rings (SSSR count). The molecule has 0 bridgehead atoms. The summed E-state index contributed by atoms with van der Waals surface area (Å²) in [5.41, 5.74) is 1.12. The van der Waals surface area contributed by atoms with E-state index in [0.717, 1.165) is 5.56 Å². The van der Waals surface area contributed by atoms with Gasteiger partial charge in [-0.2, -0.15) is 0 Å². The lowest BCUT2D eigenvalue weighted by Crippen LogP contribution is -1.93. The van der Waals surface area contributed by atoms with Gasteiger partial charge in [-0.3, -0.25) is 0 Å². The Kier molecular flexibility index (Phi) is 1.28. The topological polar surface area (TPSA) is 29.5 Å². The van der Waals surface area contributed by atoms with Crippen LogP contribution in [0.2, 0.25) is 0 Å². The molecule has 0 radical (unpaired) electrons. The molecule has 58 valence electrons. The van der Waals surface area contributed by atoms with E-state index in [2.05, 4.69) is 6.92 Å². The van der Waals surface area contributed by atoms with Gasteiger partial charge in [-0.15, -0.1) is 0 Å². The largest absolute Gasteiger partial charge is 0.504 e. The zero-order valence-corrected chi connectivity index (χ0v) is 6.37. The van der Waals surface area contributed by atoms with Gasteiger partial charge in [-0.1, -0.05) is 19.1 Å². The second-order valence-electron chi connectivity index (χ2n) is 2.91. The van der Waals surface area contributed by atoms with E-state index >= 15 is 0 Å². The molecule has 1 aliphatic heterocycles. The molecule has 0 aliphatic carbocycles. The molecule has 1 aromatic carbocycles. The van der Waals surface area contributed by atoms with Gasteiger partial charge in [0.1, 0.15) is 0 Å². The minimum Gasteiger partial charge on any atom is -0.504 e. The van der Waals surface area contributed by atoms with Gasteiger partial charge in [-0.25, -0.2) is 0 Å². The van der Waals surface area contributed by atoms with Gasteiger partial charge in [0.15, 0.2) is 11.5 Å². The number of benzene rings is 1. The van der Waals surface area contributed by atoms with Crippen LogP contribution in [0.3, 0.4) is 0 Å². The first-order chi connectivity index (χ1) is 5.29. The van der Waals surface area contributed by atoms with Crippen molar-refractivity contribution in [1.82, 2.24) is 0 Å². The van der Waals surface area contributed by atoms with Crippen molar-refractivity contribution in [1.29, 1.82) is 0 Å². The molecular weight excluding hydrogens is 140 g/mol. The van der Waals surface area contributed by atoms with Gasteiger partial charge < -0.3 is 9.84 Å². The second-order valence-corrected chi connectivity index (χ2v) is 2.91. The van der Waals surface area contributed by atoms with E-state index < -0.39 is 0 Å². The van der Waals surface area contributed by atoms with Crippen LogP contribution in [-0.4, -0.2) is 11.7 Å². The number of phenolic OH excluding ortho intramolecular Hbond substituents is 1. The van der Waals surface area contributed by atoms with Crippen LogP contribution in [0.1, 0.15) is 18.4 Å². The standard InChI is InChI=1S/C9H10O2/c1-6-5-11-9-7(6)3-2-4-8(9)10/h2-4,6,10H,5H2,1H3. The Labute approximate surface area is 65.4 Å². The molecule has 1 heterocycles. The lowest BCUT2D eigenvalue weighted by atomic mass is 10.0. The number of fused-ring (bicyclic) bond motifs is 1. The smallest absolute Gasteiger partial charge is 0.164 e. The Morgan fingerprint density at radius 2 is 2.36 bits per heavy atom. The summed E-state index contributed by atoms with van der Waals surface area (Å²) in [6, 6.07) is 5.49. The molecule has 11 heavy (non-hydrogen) atoms. The molecule has 1 atom stereocenters. The summed E-state index contributed by atoms with van der Waals surface area (Å²) in [5.74, 6) is 1.34. The zero-order valence-electron chi connectivity index (χ0n) is 6.37. The van der Waals surface area contributed by atoms with Crippen molar-refractivity contribution in [2.24, 2.45) is 0 Å². The number of aromatic hydroxyl groups is 1. The van der Waals surface area contributed by atoms with Crippen molar-refractivity contribution < 1.29 is 9.84 Å². The minimum atomic E-state index is 0.256. The average molecular weight is 150 g/mol. The van der Waals surface area contributed by atoms with Crippen LogP contribution in [0.5, 0.6) is 11.5 Å². The second kappa shape index (κ2) is 2.16. The molecule has 0 fully saturated rings. The third-order valence-corrected chi connectivity index (χ3v) is 2.03. The summed E-state index contributed by atoms with van der Waals surface area (Å²) in [6.07, 6.45) is 0. The van der Waals surface area contributed by atoms with Crippen LogP contribution in [0.15, 0.2) is 18.2 Å². The van der Waals surface area contributed by atoms with Crippen molar-refractivity contribution in [3.8, 4) is 11.5 Å². The van der Waals surface area contributed by atoms with Crippen LogP contribution >= 0.6 is 0 Å². The normalized spacial score (nSPS) is 21.0. The average Bonchev–Trinajstić information content (AvgIpc) is 2.35. The Morgan fingerprint density at radius 3 is 3.09 bits per heavy atom. The van der Waals surface area contributed by atoms with Crippen LogP contribution in [0.25, 0.3) is 0 Å². The predicted octanol–water partition coefficient (Wildman–Crippen LogP) is 1.89. The molecular formula is C9H10O2. The van der Waals surface area contributed by atoms with Crippen molar-refractivity contribution in [3.05, 3.63) is 23.8 Å². The Bertz CT molecular complexity index is 281. The zero-order chi connectivity index (χ0) is 7.84. The number of hydrogen-bond donors (Lipinski definition) is 1. The first-order valence-corrected chi connectivity index (χ1v) is 3.73. The van der Waals surface area contributed by atoms with E-state index in [0.29, 0.717) is 18.3 Å². The van der Waals surface area contributed by atoms with Crippen LogP contribution in [-0.2, 0) is 0 Å². The Morgan fingerprint density at radius 1 is 1.55 bits per heavy atom. The lowest BCUT2D eigenvalue weighted by Gasteiger charge is -2.00. The molecule has 1 aromatic rings. The van der Waals surface area contributed by atoms with Gasteiger partial charge in [0.25, 0.3) is 0 Å². The third-order valence-electron chi connectivity index (χ3n) is 2.03. The highest BCUT2D eigenvalue weighted by Crippen LogP contribution is 2.39. The first-order valence-electron chi connectivity index (χ1n) is 3.73. The highest BCUT2D eigenvalue weighted by atomic mass is 16.5. The molecule has 2 nitrogen and oxygen atoms in total. The van der Waals surface area contributed by atoms with Gasteiger partial charge in [0.05, 0.1) is 6.61 Å². The van der Waals surface area contributed by atoms with E-state index in [1.54, 1.807) is 6.07 Å². The maximum Gasteiger partial charge on any atom is 0.164 e. The molecule has 1 aliphatic rings. The summed E-state index contributed by atoms with van der Waals surface area (Å²) in [6.45, 7) is 2.78. The molecule has 0 aromatic heterocycles. The maximum absolute atomic E-state index is 9.32. The van der Waals surface area contributed by atoms with Crippen molar-refractivity contribution in [2.45, 2.75) is 12.8 Å². The van der Waals surface area contributed by atoms with Crippen LogP contribution < -0.4 is 4.74 Å². The van der Waals surface area contributed by atoms with Gasteiger partial charge in [0.2, 0.25) is 0 Å². The van der Waals surface area contributed by atoms with E-state index in [1.165, 1.54) is 0 Å². The number of ether oxygens (including phenoxy) is 1. The minimum absolute atomic E-state index is 0.256. The quantitative estimate of drug-likeness (QED) is 0.612. The molecule has 0 spiro atoms. The maximum atomic E-state index is 9.32. The van der Waals surface area contributed by atoms with Crippen molar-refractivity contribution >= 4 is 0 Å². The van der Waals surface area contributed by atoms with E-state index in [4.69, 9.17) is 4.74 Å². The number of para-hydroxylation sites is 1. The highest BCUT2D eigenvalue weighted by Gasteiger charge is 2.21. The highest BCUT2D eigenvalue weighted by molar-refractivity contribution is 5.49. The fourth-order valence-corrected chi connectivity index (χ4v) is 1.39. The fourth-order valence-electron chi connectivity index (χ4n) is 1.39. The first kappa shape index (κ1) is 6.53. The van der Waals surface area contributed by atoms with E-state index in [1.807, 2.05) is 12.1 Å². The third kappa shape index (κ3) is 0.862. The molecule has 0 saturated carbocycles. The lowest BCUT2D eigenvalue weighted by molar-refractivity contribution is 0.320. The van der Waals surface area contributed by atoms with E-state index in [-0.39, 0.29) is 5.75 Å². The van der Waals surface area contributed by atoms with E-state index in [9.17, 15) is 5.11 Å². The van der Waals surface area contributed by atoms with Gasteiger partial charge >= 0.3 is 0 Å². The summed E-state index contributed by atoms with van der Waals surface area (Å²) in [4.78, 5) is 0. The van der Waals surface area contributed by atoms with Crippen molar-refractivity contribution in [3.63, 3.8) is 0 Å². The summed E-state index contributed by atoms with van der Waals surface area (Å²) < 4.78 is 5.29. The molecule has 2 heteroatoms. The molecule has 0 saturated heterocycles. The summed E-state index contributed by atoms with van der Waals surface area (Å²) >= 11 is 0. The predicted molar refractivity (Wildman–Crippen MR) is 42.0 cm³/mol. The van der Waals surface area contributed by atoms with Gasteiger partial charge in [-0.05, 0) is 6.07 Å². The number of hydrogen-bond acceptors (Lipinski definition) is 2.